The molecule has 162 valence electrons. The Morgan fingerprint density at radius 2 is 1.78 bits per heavy atom. The van der Waals surface area contributed by atoms with Gasteiger partial charge >= 0.3 is 0 Å². The second-order valence-corrected chi connectivity index (χ2v) is 8.10. The van der Waals surface area contributed by atoms with Gasteiger partial charge in [0.1, 0.15) is 5.75 Å². The van der Waals surface area contributed by atoms with Gasteiger partial charge in [-0.2, -0.15) is 0 Å². The quantitative estimate of drug-likeness (QED) is 0.539. The van der Waals surface area contributed by atoms with Crippen LogP contribution in [0.4, 0.5) is 0 Å². The maximum atomic E-state index is 13.0. The molecule has 1 aliphatic heterocycles. The molecule has 6 heteroatoms. The smallest absolute Gasteiger partial charge is 0.254 e. The standard InChI is InChI=1S/C26H24N2O4/c1-31-20-4-2-3-16(11-20)19-14-22-21-13-18(26(30)28-7-9-32-10-8-28)6-5-17(21)12-23(22)24(15-19)25(27)29/h2-6,11,13-15H,7-10,12H2,1H3,(H2,27,29). The van der Waals surface area contributed by atoms with Gasteiger partial charge < -0.3 is 20.1 Å². The molecule has 0 spiro atoms. The summed E-state index contributed by atoms with van der Waals surface area (Å²) in [5.74, 6) is 0.287. The van der Waals surface area contributed by atoms with Crippen LogP contribution in [0, 0.1) is 0 Å². The predicted octanol–water partition coefficient (Wildman–Crippen LogP) is 3.50. The maximum absolute atomic E-state index is 13.0. The Hall–Kier alpha value is -3.64. The third kappa shape index (κ3) is 3.52. The van der Waals surface area contributed by atoms with Gasteiger partial charge in [0, 0.05) is 24.2 Å². The summed E-state index contributed by atoms with van der Waals surface area (Å²) >= 11 is 0. The minimum atomic E-state index is -0.455. The lowest BCUT2D eigenvalue weighted by atomic mass is 9.93. The molecule has 0 saturated carbocycles. The lowest BCUT2D eigenvalue weighted by Crippen LogP contribution is -2.40. The molecule has 1 heterocycles. The van der Waals surface area contributed by atoms with E-state index in [-0.39, 0.29) is 5.91 Å². The Labute approximate surface area is 186 Å². The van der Waals surface area contributed by atoms with Crippen molar-refractivity contribution in [3.05, 3.63) is 76.9 Å². The highest BCUT2D eigenvalue weighted by Crippen LogP contribution is 2.42. The fourth-order valence-corrected chi connectivity index (χ4v) is 4.55. The van der Waals surface area contributed by atoms with Crippen molar-refractivity contribution in [2.24, 2.45) is 5.73 Å². The molecule has 2 N–H and O–H groups in total. The lowest BCUT2D eigenvalue weighted by Gasteiger charge is -2.27. The average Bonchev–Trinajstić information content (AvgIpc) is 3.21. The van der Waals surface area contributed by atoms with Crippen LogP contribution in [0.25, 0.3) is 22.3 Å². The van der Waals surface area contributed by atoms with Crippen LogP contribution in [0.2, 0.25) is 0 Å². The van der Waals surface area contributed by atoms with Gasteiger partial charge in [0.05, 0.1) is 20.3 Å². The first-order valence-electron chi connectivity index (χ1n) is 10.7. The summed E-state index contributed by atoms with van der Waals surface area (Å²) in [7, 11) is 1.62. The fourth-order valence-electron chi connectivity index (χ4n) is 4.55. The van der Waals surface area contributed by atoms with E-state index in [2.05, 4.69) is 6.07 Å². The van der Waals surface area contributed by atoms with Gasteiger partial charge in [-0.1, -0.05) is 18.2 Å². The largest absolute Gasteiger partial charge is 0.497 e. The summed E-state index contributed by atoms with van der Waals surface area (Å²) < 4.78 is 10.7. The number of amides is 2. The van der Waals surface area contributed by atoms with Crippen LogP contribution < -0.4 is 10.5 Å². The number of ether oxygens (including phenoxy) is 2. The van der Waals surface area contributed by atoms with Gasteiger partial charge in [-0.25, -0.2) is 0 Å². The number of methoxy groups -OCH3 is 1. The number of benzene rings is 3. The molecule has 32 heavy (non-hydrogen) atoms. The van der Waals surface area contributed by atoms with Crippen molar-refractivity contribution >= 4 is 11.8 Å². The van der Waals surface area contributed by atoms with Crippen molar-refractivity contribution in [2.75, 3.05) is 33.4 Å². The molecule has 0 unspecified atom stereocenters. The van der Waals surface area contributed by atoms with Gasteiger partial charge in [-0.15, -0.1) is 0 Å². The van der Waals surface area contributed by atoms with Crippen LogP contribution in [0.3, 0.4) is 0 Å². The molecule has 1 aliphatic carbocycles. The first-order valence-corrected chi connectivity index (χ1v) is 10.7. The number of nitrogens with two attached hydrogens (primary N) is 1. The van der Waals surface area contributed by atoms with Crippen LogP contribution in [0.15, 0.2) is 54.6 Å². The normalized spacial score (nSPS) is 14.6. The number of morpholine rings is 1. The maximum Gasteiger partial charge on any atom is 0.254 e. The number of nitrogens with zero attached hydrogens (tertiary/aromatic N) is 1. The summed E-state index contributed by atoms with van der Waals surface area (Å²) in [4.78, 5) is 27.2. The SMILES string of the molecule is COc1cccc(-c2cc(C(N)=O)c3c(c2)-c2cc(C(=O)N4CCOCC4)ccc2C3)c1. The summed E-state index contributed by atoms with van der Waals surface area (Å²) in [6.45, 7) is 2.31. The van der Waals surface area contributed by atoms with Gasteiger partial charge in [0.2, 0.25) is 5.91 Å². The van der Waals surface area contributed by atoms with E-state index in [0.717, 1.165) is 39.1 Å². The molecule has 0 radical (unpaired) electrons. The minimum Gasteiger partial charge on any atom is -0.497 e. The molecule has 6 nitrogen and oxygen atoms in total. The van der Waals surface area contributed by atoms with Gasteiger partial charge in [-0.05, 0) is 76.2 Å². The molecule has 3 aromatic rings. The second kappa shape index (κ2) is 8.13. The van der Waals surface area contributed by atoms with Crippen LogP contribution >= 0.6 is 0 Å². The van der Waals surface area contributed by atoms with Crippen molar-refractivity contribution < 1.29 is 19.1 Å². The third-order valence-electron chi connectivity index (χ3n) is 6.23. The van der Waals surface area contributed by atoms with Crippen molar-refractivity contribution in [1.29, 1.82) is 0 Å². The number of hydrogen-bond donors (Lipinski definition) is 1. The lowest BCUT2D eigenvalue weighted by molar-refractivity contribution is 0.0303. The summed E-state index contributed by atoms with van der Waals surface area (Å²) in [5.41, 5.74) is 12.7. The van der Waals surface area contributed by atoms with Crippen LogP contribution in [-0.4, -0.2) is 50.1 Å². The van der Waals surface area contributed by atoms with Gasteiger partial charge in [0.15, 0.2) is 0 Å². The summed E-state index contributed by atoms with van der Waals surface area (Å²) in [6.07, 6.45) is 0.618. The number of carbonyl (C=O) groups excluding carboxylic acids is 2. The number of rotatable bonds is 4. The molecule has 2 amide bonds. The molecule has 0 aromatic heterocycles. The number of primary amides is 1. The van der Waals surface area contributed by atoms with E-state index >= 15 is 0 Å². The van der Waals surface area contributed by atoms with E-state index in [9.17, 15) is 9.59 Å². The van der Waals surface area contributed by atoms with Crippen molar-refractivity contribution in [3.8, 4) is 28.0 Å². The Kier molecular flexibility index (Phi) is 5.15. The van der Waals surface area contributed by atoms with Crippen LogP contribution in [0.5, 0.6) is 5.75 Å². The van der Waals surface area contributed by atoms with Crippen molar-refractivity contribution in [1.82, 2.24) is 4.90 Å². The Morgan fingerprint density at radius 1 is 0.969 bits per heavy atom. The molecule has 3 aromatic carbocycles. The molecular formula is C26H24N2O4. The molecule has 5 rings (SSSR count). The zero-order chi connectivity index (χ0) is 22.2. The van der Waals surface area contributed by atoms with E-state index in [1.165, 1.54) is 0 Å². The highest BCUT2D eigenvalue weighted by Gasteiger charge is 2.27. The predicted molar refractivity (Wildman–Crippen MR) is 122 cm³/mol. The van der Waals surface area contributed by atoms with E-state index in [1.54, 1.807) is 7.11 Å². The molecular weight excluding hydrogens is 404 g/mol. The zero-order valence-corrected chi connectivity index (χ0v) is 17.9. The molecule has 1 fully saturated rings. The average molecular weight is 428 g/mol. The first kappa shape index (κ1) is 20.3. The first-order chi connectivity index (χ1) is 15.5. The fraction of sp³-hybridized carbons (Fsp3) is 0.231. The Morgan fingerprint density at radius 3 is 2.53 bits per heavy atom. The minimum absolute atomic E-state index is 0.00336. The topological polar surface area (TPSA) is 81.9 Å². The molecule has 0 atom stereocenters. The number of carbonyl (C=O) groups is 2. The molecule has 1 saturated heterocycles. The van der Waals surface area contributed by atoms with Crippen molar-refractivity contribution in [2.45, 2.75) is 6.42 Å². The van der Waals surface area contributed by atoms with Gasteiger partial charge in [0.25, 0.3) is 5.91 Å². The van der Waals surface area contributed by atoms with E-state index in [4.69, 9.17) is 15.2 Å². The Balaban J connectivity index is 1.60. The summed E-state index contributed by atoms with van der Waals surface area (Å²) in [6, 6.07) is 17.4. The van der Waals surface area contributed by atoms with Gasteiger partial charge in [-0.3, -0.25) is 9.59 Å². The van der Waals surface area contributed by atoms with E-state index < -0.39 is 5.91 Å². The third-order valence-corrected chi connectivity index (χ3v) is 6.23. The molecule has 2 aliphatic rings. The van der Waals surface area contributed by atoms with E-state index in [0.29, 0.717) is 43.9 Å². The van der Waals surface area contributed by atoms with Crippen LogP contribution in [-0.2, 0) is 11.2 Å². The monoisotopic (exact) mass is 428 g/mol. The Bertz CT molecular complexity index is 1230. The highest BCUT2D eigenvalue weighted by atomic mass is 16.5. The van der Waals surface area contributed by atoms with Crippen molar-refractivity contribution in [3.63, 3.8) is 0 Å². The highest BCUT2D eigenvalue weighted by molar-refractivity contribution is 6.01. The second-order valence-electron chi connectivity index (χ2n) is 8.10. The zero-order valence-electron chi connectivity index (χ0n) is 17.9. The number of hydrogen-bond acceptors (Lipinski definition) is 4. The molecule has 0 bridgehead atoms. The van der Waals surface area contributed by atoms with Crippen LogP contribution in [0.1, 0.15) is 31.8 Å². The van der Waals surface area contributed by atoms with E-state index in [1.807, 2.05) is 53.4 Å². The summed E-state index contributed by atoms with van der Waals surface area (Å²) in [5, 5.41) is 0. The number of fused-ring (bicyclic) bond motifs is 3.